The number of nitrogens with zero attached hydrogens (tertiary/aromatic N) is 2. The van der Waals surface area contributed by atoms with Crippen LogP contribution in [0, 0.1) is 5.82 Å². The molecule has 0 bridgehead atoms. The van der Waals surface area contributed by atoms with Gasteiger partial charge < -0.3 is 15.0 Å². The van der Waals surface area contributed by atoms with Crippen molar-refractivity contribution in [3.8, 4) is 5.75 Å². The van der Waals surface area contributed by atoms with Crippen LogP contribution < -0.4 is 5.32 Å². The largest absolute Gasteiger partial charge is 0.505 e. The van der Waals surface area contributed by atoms with E-state index in [0.717, 1.165) is 22.7 Å². The topological polar surface area (TPSA) is 67.2 Å². The molecule has 5 nitrogen and oxygen atoms in total. The number of phenolic OH excluding ortho intramolecular Hbond substituents is 1. The first kappa shape index (κ1) is 18.4. The summed E-state index contributed by atoms with van der Waals surface area (Å²) in [6, 6.07) is 19.4. The number of phenols is 1. The quantitative estimate of drug-likeness (QED) is 0.493. The zero-order valence-electron chi connectivity index (χ0n) is 15.4. The Balaban J connectivity index is 1.57. The van der Waals surface area contributed by atoms with Crippen LogP contribution in [0.1, 0.15) is 11.1 Å². The molecule has 0 unspecified atom stereocenters. The Kier molecular flexibility index (Phi) is 5.07. The third kappa shape index (κ3) is 4.16. The summed E-state index contributed by atoms with van der Waals surface area (Å²) in [5.41, 5.74) is 3.91. The maximum Gasteiger partial charge on any atom is 0.248 e. The Morgan fingerprint density at radius 1 is 1.10 bits per heavy atom. The molecule has 29 heavy (non-hydrogen) atoms. The standard InChI is InChI=1S/C23H18FN3O2/c24-18-11-9-16(13-21(18)28)10-12-22(29)26-20-8-4-7-19-23(20)27(15-25-19)14-17-5-2-1-3-6-17/h1-13,15,28H,14H2,(H,26,29)/b12-10+. The number of hydrogen-bond acceptors (Lipinski definition) is 3. The minimum atomic E-state index is -0.704. The SMILES string of the molecule is O=C(/C=C/c1ccc(F)c(O)c1)Nc1cccc2ncn(Cc3ccccc3)c12. The van der Waals surface area contributed by atoms with Crippen LogP contribution in [0.15, 0.2) is 79.1 Å². The number of aromatic hydroxyl groups is 1. The van der Waals surface area contributed by atoms with Gasteiger partial charge in [-0.15, -0.1) is 0 Å². The summed E-state index contributed by atoms with van der Waals surface area (Å²) < 4.78 is 15.1. The van der Waals surface area contributed by atoms with Gasteiger partial charge in [-0.05, 0) is 41.5 Å². The molecule has 144 valence electrons. The summed E-state index contributed by atoms with van der Waals surface area (Å²) in [4.78, 5) is 16.8. The smallest absolute Gasteiger partial charge is 0.248 e. The zero-order chi connectivity index (χ0) is 20.2. The number of imidazole rings is 1. The van der Waals surface area contributed by atoms with Crippen molar-refractivity contribution < 1.29 is 14.3 Å². The van der Waals surface area contributed by atoms with E-state index in [1.54, 1.807) is 6.33 Å². The van der Waals surface area contributed by atoms with Crippen LogP contribution in [0.4, 0.5) is 10.1 Å². The number of carbonyl (C=O) groups is 1. The van der Waals surface area contributed by atoms with Gasteiger partial charge in [0.25, 0.3) is 0 Å². The van der Waals surface area contributed by atoms with Crippen LogP contribution >= 0.6 is 0 Å². The van der Waals surface area contributed by atoms with E-state index in [4.69, 9.17) is 0 Å². The van der Waals surface area contributed by atoms with Gasteiger partial charge in [0, 0.05) is 12.6 Å². The van der Waals surface area contributed by atoms with Gasteiger partial charge in [0.1, 0.15) is 0 Å². The zero-order valence-corrected chi connectivity index (χ0v) is 15.4. The van der Waals surface area contributed by atoms with Crippen molar-refractivity contribution in [2.45, 2.75) is 6.54 Å². The predicted octanol–water partition coefficient (Wildman–Crippen LogP) is 4.58. The maximum atomic E-state index is 13.1. The summed E-state index contributed by atoms with van der Waals surface area (Å²) in [5.74, 6) is -1.50. The predicted molar refractivity (Wildman–Crippen MR) is 111 cm³/mol. The van der Waals surface area contributed by atoms with Crippen LogP contribution in [0.5, 0.6) is 5.75 Å². The molecule has 3 aromatic carbocycles. The van der Waals surface area contributed by atoms with Crippen molar-refractivity contribution in [3.05, 3.63) is 96.1 Å². The molecule has 0 spiro atoms. The number of nitrogens with one attached hydrogen (secondary N) is 1. The highest BCUT2D eigenvalue weighted by atomic mass is 19.1. The average Bonchev–Trinajstić information content (AvgIpc) is 3.13. The Labute approximate surface area is 166 Å². The number of benzene rings is 3. The lowest BCUT2D eigenvalue weighted by Gasteiger charge is -2.09. The Hall–Kier alpha value is -3.93. The van der Waals surface area contributed by atoms with Gasteiger partial charge in [-0.1, -0.05) is 42.5 Å². The number of rotatable bonds is 5. The summed E-state index contributed by atoms with van der Waals surface area (Å²) in [6.45, 7) is 0.634. The van der Waals surface area contributed by atoms with Crippen LogP contribution in [-0.4, -0.2) is 20.6 Å². The first-order valence-corrected chi connectivity index (χ1v) is 9.05. The van der Waals surface area contributed by atoms with Crippen molar-refractivity contribution in [1.82, 2.24) is 9.55 Å². The third-order valence-electron chi connectivity index (χ3n) is 4.49. The van der Waals surface area contributed by atoms with Crippen molar-refractivity contribution in [1.29, 1.82) is 0 Å². The fourth-order valence-corrected chi connectivity index (χ4v) is 3.11. The van der Waals surface area contributed by atoms with E-state index in [1.807, 2.05) is 53.1 Å². The molecule has 0 aliphatic rings. The lowest BCUT2D eigenvalue weighted by Crippen LogP contribution is -2.09. The normalized spacial score (nSPS) is 11.2. The highest BCUT2D eigenvalue weighted by molar-refractivity contribution is 6.06. The van der Waals surface area contributed by atoms with Gasteiger partial charge in [-0.25, -0.2) is 9.37 Å². The van der Waals surface area contributed by atoms with Crippen molar-refractivity contribution in [3.63, 3.8) is 0 Å². The summed E-state index contributed by atoms with van der Waals surface area (Å²) in [7, 11) is 0. The molecule has 0 saturated heterocycles. The lowest BCUT2D eigenvalue weighted by molar-refractivity contribution is -0.111. The third-order valence-corrected chi connectivity index (χ3v) is 4.49. The molecule has 0 radical (unpaired) electrons. The maximum absolute atomic E-state index is 13.1. The molecular weight excluding hydrogens is 369 g/mol. The highest BCUT2D eigenvalue weighted by Gasteiger charge is 2.10. The first-order chi connectivity index (χ1) is 14.1. The second-order valence-electron chi connectivity index (χ2n) is 6.56. The Morgan fingerprint density at radius 3 is 2.72 bits per heavy atom. The number of carbonyl (C=O) groups excluding carboxylic acids is 1. The van der Waals surface area contributed by atoms with Crippen LogP contribution in [0.3, 0.4) is 0 Å². The summed E-state index contributed by atoms with van der Waals surface area (Å²) >= 11 is 0. The van der Waals surface area contributed by atoms with Gasteiger partial charge in [-0.2, -0.15) is 0 Å². The number of halogens is 1. The Bertz CT molecular complexity index is 1200. The number of para-hydroxylation sites is 1. The van der Waals surface area contributed by atoms with Crippen LogP contribution in [0.25, 0.3) is 17.1 Å². The van der Waals surface area contributed by atoms with E-state index in [-0.39, 0.29) is 5.91 Å². The first-order valence-electron chi connectivity index (χ1n) is 9.05. The molecule has 0 saturated carbocycles. The van der Waals surface area contributed by atoms with E-state index in [1.165, 1.54) is 24.3 Å². The molecule has 0 aliphatic carbocycles. The van der Waals surface area contributed by atoms with E-state index >= 15 is 0 Å². The van der Waals surface area contributed by atoms with Gasteiger partial charge in [0.15, 0.2) is 11.6 Å². The monoisotopic (exact) mass is 387 g/mol. The number of amides is 1. The lowest BCUT2D eigenvalue weighted by atomic mass is 10.2. The van der Waals surface area contributed by atoms with E-state index in [0.29, 0.717) is 17.8 Å². The minimum Gasteiger partial charge on any atom is -0.505 e. The van der Waals surface area contributed by atoms with Gasteiger partial charge in [0.2, 0.25) is 5.91 Å². The van der Waals surface area contributed by atoms with E-state index in [9.17, 15) is 14.3 Å². The molecular formula is C23H18FN3O2. The number of aromatic nitrogens is 2. The van der Waals surface area contributed by atoms with Crippen molar-refractivity contribution in [2.75, 3.05) is 5.32 Å². The fourth-order valence-electron chi connectivity index (χ4n) is 3.11. The fraction of sp³-hybridized carbons (Fsp3) is 0.0435. The van der Waals surface area contributed by atoms with Gasteiger partial charge in [0.05, 0.1) is 23.0 Å². The number of hydrogen-bond donors (Lipinski definition) is 2. The number of fused-ring (bicyclic) bond motifs is 1. The Morgan fingerprint density at radius 2 is 1.93 bits per heavy atom. The second kappa shape index (κ2) is 7.98. The molecule has 1 heterocycles. The second-order valence-corrected chi connectivity index (χ2v) is 6.56. The van der Waals surface area contributed by atoms with Gasteiger partial charge >= 0.3 is 0 Å². The van der Waals surface area contributed by atoms with Crippen molar-refractivity contribution in [2.24, 2.45) is 0 Å². The molecule has 1 aromatic heterocycles. The molecule has 0 atom stereocenters. The molecule has 0 fully saturated rings. The molecule has 4 aromatic rings. The van der Waals surface area contributed by atoms with Gasteiger partial charge in [-0.3, -0.25) is 4.79 Å². The average molecular weight is 387 g/mol. The summed E-state index contributed by atoms with van der Waals surface area (Å²) in [5, 5.41) is 12.3. The van der Waals surface area contributed by atoms with Crippen LogP contribution in [0.2, 0.25) is 0 Å². The van der Waals surface area contributed by atoms with Crippen molar-refractivity contribution >= 4 is 28.7 Å². The molecule has 0 aliphatic heterocycles. The highest BCUT2D eigenvalue weighted by Crippen LogP contribution is 2.24. The van der Waals surface area contributed by atoms with E-state index < -0.39 is 11.6 Å². The molecule has 1 amide bonds. The molecule has 4 rings (SSSR count). The molecule has 6 heteroatoms. The van der Waals surface area contributed by atoms with E-state index in [2.05, 4.69) is 10.3 Å². The van der Waals surface area contributed by atoms with Crippen LogP contribution in [-0.2, 0) is 11.3 Å². The summed E-state index contributed by atoms with van der Waals surface area (Å²) in [6.07, 6.45) is 4.60. The molecule has 2 N–H and O–H groups in total. The minimum absolute atomic E-state index is 0.339. The number of anilines is 1.